The summed E-state index contributed by atoms with van der Waals surface area (Å²) >= 11 is 1.15. The zero-order valence-electron chi connectivity index (χ0n) is 10.6. The van der Waals surface area contributed by atoms with Gasteiger partial charge in [-0.15, -0.1) is 11.3 Å². The second-order valence-corrected chi connectivity index (χ2v) is 5.93. The molecule has 8 heteroatoms. The van der Waals surface area contributed by atoms with Crippen LogP contribution in [0.15, 0.2) is 0 Å². The minimum Gasteiger partial charge on any atom is -0.315 e. The van der Waals surface area contributed by atoms with Gasteiger partial charge in [-0.1, -0.05) is 0 Å². The van der Waals surface area contributed by atoms with Crippen molar-refractivity contribution >= 4 is 22.2 Å². The fourth-order valence-corrected chi connectivity index (χ4v) is 3.21. The quantitative estimate of drug-likeness (QED) is 0.880. The number of anilines is 1. The number of nitriles is 1. The summed E-state index contributed by atoms with van der Waals surface area (Å²) in [5.41, 5.74) is 3.15. The lowest BCUT2D eigenvalue weighted by Crippen LogP contribution is -2.59. The molecule has 1 aliphatic carbocycles. The summed E-state index contributed by atoms with van der Waals surface area (Å²) in [5, 5.41) is 11.4. The van der Waals surface area contributed by atoms with E-state index in [1.54, 1.807) is 0 Å². The van der Waals surface area contributed by atoms with Crippen LogP contribution < -0.4 is 11.1 Å². The number of hydrogen-bond donors (Lipinski definition) is 2. The summed E-state index contributed by atoms with van der Waals surface area (Å²) in [6.07, 6.45) is -2.45. The molecule has 0 aliphatic heterocycles. The van der Waals surface area contributed by atoms with Gasteiger partial charge < -0.3 is 11.1 Å². The average Bonchev–Trinajstić information content (AvgIpc) is 2.87. The Hall–Kier alpha value is -1.59. The highest BCUT2D eigenvalue weighted by Gasteiger charge is 2.54. The molecule has 0 saturated heterocycles. The lowest BCUT2D eigenvalue weighted by Gasteiger charge is -2.25. The molecule has 1 amide bonds. The van der Waals surface area contributed by atoms with Crippen molar-refractivity contribution in [2.75, 3.05) is 5.32 Å². The molecule has 2 rings (SSSR count). The number of carbonyl (C=O) groups excluding carboxylic acids is 1. The highest BCUT2D eigenvalue weighted by Crippen LogP contribution is 2.39. The van der Waals surface area contributed by atoms with E-state index in [1.165, 1.54) is 0 Å². The van der Waals surface area contributed by atoms with Crippen molar-refractivity contribution in [1.82, 2.24) is 0 Å². The van der Waals surface area contributed by atoms with Crippen LogP contribution in [-0.2, 0) is 17.6 Å². The molecule has 0 fully saturated rings. The molecule has 20 heavy (non-hydrogen) atoms. The second-order valence-electron chi connectivity index (χ2n) is 4.83. The summed E-state index contributed by atoms with van der Waals surface area (Å²) in [5.74, 6) is -1.36. The maximum absolute atomic E-state index is 12.7. The number of hydrogen-bond acceptors (Lipinski definition) is 4. The summed E-state index contributed by atoms with van der Waals surface area (Å²) < 4.78 is 38.1. The van der Waals surface area contributed by atoms with Gasteiger partial charge in [-0.25, -0.2) is 0 Å². The van der Waals surface area contributed by atoms with E-state index < -0.39 is 17.6 Å². The van der Waals surface area contributed by atoms with Crippen molar-refractivity contribution in [3.05, 3.63) is 16.0 Å². The molecule has 4 nitrogen and oxygen atoms in total. The molecule has 0 aromatic carbocycles. The van der Waals surface area contributed by atoms with Gasteiger partial charge in [0, 0.05) is 4.88 Å². The Morgan fingerprint density at radius 3 is 2.65 bits per heavy atom. The number of alkyl halides is 3. The molecule has 3 N–H and O–H groups in total. The maximum Gasteiger partial charge on any atom is 0.415 e. The number of nitrogens with two attached hydrogens (primary N) is 1. The van der Waals surface area contributed by atoms with Gasteiger partial charge in [0.25, 0.3) is 5.91 Å². The molecule has 0 spiro atoms. The lowest BCUT2D eigenvalue weighted by atomic mass is 10.0. The van der Waals surface area contributed by atoms with Gasteiger partial charge in [-0.05, 0) is 31.7 Å². The first-order chi connectivity index (χ1) is 9.18. The van der Waals surface area contributed by atoms with Gasteiger partial charge in [0.05, 0.1) is 5.56 Å². The van der Waals surface area contributed by atoms with Crippen molar-refractivity contribution in [1.29, 1.82) is 5.26 Å². The highest BCUT2D eigenvalue weighted by atomic mass is 32.1. The molecule has 0 bridgehead atoms. The molecule has 1 aliphatic rings. The van der Waals surface area contributed by atoms with Gasteiger partial charge in [0.15, 0.2) is 5.54 Å². The summed E-state index contributed by atoms with van der Waals surface area (Å²) in [6, 6.07) is 1.95. The van der Waals surface area contributed by atoms with Crippen LogP contribution >= 0.6 is 11.3 Å². The third-order valence-corrected chi connectivity index (χ3v) is 4.53. The van der Waals surface area contributed by atoms with Gasteiger partial charge in [0.1, 0.15) is 11.1 Å². The predicted octanol–water partition coefficient (Wildman–Crippen LogP) is 2.33. The lowest BCUT2D eigenvalue weighted by molar-refractivity contribution is -0.184. The average molecular weight is 303 g/mol. The van der Waals surface area contributed by atoms with E-state index in [0.29, 0.717) is 13.3 Å². The van der Waals surface area contributed by atoms with Crippen molar-refractivity contribution in [2.45, 2.75) is 37.9 Å². The topological polar surface area (TPSA) is 78.9 Å². The number of thiophene rings is 1. The molecule has 1 aromatic heterocycles. The Morgan fingerprint density at radius 1 is 1.45 bits per heavy atom. The van der Waals surface area contributed by atoms with Crippen LogP contribution in [0.2, 0.25) is 0 Å². The Bertz CT molecular complexity index is 598. The Balaban J connectivity index is 2.28. The summed E-state index contributed by atoms with van der Waals surface area (Å²) in [6.45, 7) is 0.607. The molecule has 0 saturated carbocycles. The van der Waals surface area contributed by atoms with E-state index >= 15 is 0 Å². The van der Waals surface area contributed by atoms with E-state index in [0.717, 1.165) is 34.6 Å². The third kappa shape index (κ3) is 2.27. The molecule has 1 unspecified atom stereocenters. The van der Waals surface area contributed by atoms with E-state index in [-0.39, 0.29) is 10.6 Å². The van der Waals surface area contributed by atoms with Crippen molar-refractivity contribution in [3.8, 4) is 6.07 Å². The zero-order chi connectivity index (χ0) is 15.1. The normalized spacial score (nSPS) is 17.2. The highest BCUT2D eigenvalue weighted by molar-refractivity contribution is 7.16. The van der Waals surface area contributed by atoms with Crippen molar-refractivity contribution in [2.24, 2.45) is 5.73 Å². The SMILES string of the molecule is CC(N)(C(=O)Nc1sc2c(c1C#N)CCC2)C(F)(F)F. The van der Waals surface area contributed by atoms with Crippen LogP contribution in [0.5, 0.6) is 0 Å². The number of nitrogens with one attached hydrogen (secondary N) is 1. The molecule has 1 heterocycles. The number of rotatable bonds is 2. The molecule has 1 atom stereocenters. The standard InChI is InChI=1S/C12H12F3N3OS/c1-11(17,12(13,14)15)10(19)18-9-7(5-16)6-3-2-4-8(6)20-9/h2-4,17H2,1H3,(H,18,19). The first-order valence-corrected chi connectivity index (χ1v) is 6.72. The minimum absolute atomic E-state index is 0.156. The van der Waals surface area contributed by atoms with E-state index in [2.05, 4.69) is 5.32 Å². The maximum atomic E-state index is 12.7. The number of carbonyl (C=O) groups is 1. The van der Waals surface area contributed by atoms with Crippen LogP contribution in [0.4, 0.5) is 18.2 Å². The molecular weight excluding hydrogens is 291 g/mol. The summed E-state index contributed by atoms with van der Waals surface area (Å²) in [4.78, 5) is 12.7. The third-order valence-electron chi connectivity index (χ3n) is 3.32. The largest absolute Gasteiger partial charge is 0.415 e. The van der Waals surface area contributed by atoms with Crippen LogP contribution in [0.25, 0.3) is 0 Å². The van der Waals surface area contributed by atoms with E-state index in [9.17, 15) is 18.0 Å². The fourth-order valence-electron chi connectivity index (χ4n) is 1.97. The molecule has 1 aromatic rings. The fraction of sp³-hybridized carbons (Fsp3) is 0.500. The van der Waals surface area contributed by atoms with Gasteiger partial charge >= 0.3 is 6.18 Å². The molecular formula is C12H12F3N3OS. The molecule has 0 radical (unpaired) electrons. The van der Waals surface area contributed by atoms with Gasteiger partial charge in [-0.2, -0.15) is 18.4 Å². The Morgan fingerprint density at radius 2 is 2.10 bits per heavy atom. The van der Waals surface area contributed by atoms with Crippen LogP contribution in [-0.4, -0.2) is 17.6 Å². The molecule has 108 valence electrons. The second kappa shape index (κ2) is 4.75. The van der Waals surface area contributed by atoms with E-state index in [1.807, 2.05) is 6.07 Å². The Kier molecular flexibility index (Phi) is 3.52. The monoisotopic (exact) mass is 303 g/mol. The van der Waals surface area contributed by atoms with Crippen molar-refractivity contribution in [3.63, 3.8) is 0 Å². The zero-order valence-corrected chi connectivity index (χ0v) is 11.4. The predicted molar refractivity (Wildman–Crippen MR) is 68.3 cm³/mol. The Labute approximate surface area is 117 Å². The number of amides is 1. The number of fused-ring (bicyclic) bond motifs is 1. The van der Waals surface area contributed by atoms with Crippen LogP contribution in [0.3, 0.4) is 0 Å². The summed E-state index contributed by atoms with van der Waals surface area (Å²) in [7, 11) is 0. The minimum atomic E-state index is -4.86. The number of halogens is 3. The van der Waals surface area contributed by atoms with E-state index in [4.69, 9.17) is 11.0 Å². The van der Waals surface area contributed by atoms with Crippen LogP contribution in [0.1, 0.15) is 29.3 Å². The first-order valence-electron chi connectivity index (χ1n) is 5.90. The number of aryl methyl sites for hydroxylation is 1. The van der Waals surface area contributed by atoms with Gasteiger partial charge in [-0.3, -0.25) is 4.79 Å². The number of nitrogens with zero attached hydrogens (tertiary/aromatic N) is 1. The van der Waals surface area contributed by atoms with Gasteiger partial charge in [0.2, 0.25) is 0 Å². The van der Waals surface area contributed by atoms with Crippen LogP contribution in [0, 0.1) is 11.3 Å². The van der Waals surface area contributed by atoms with Crippen molar-refractivity contribution < 1.29 is 18.0 Å². The smallest absolute Gasteiger partial charge is 0.315 e. The first kappa shape index (κ1) is 14.8.